The van der Waals surface area contributed by atoms with Crippen molar-refractivity contribution in [2.75, 3.05) is 0 Å². The minimum absolute atomic E-state index is 0.195. The van der Waals surface area contributed by atoms with Crippen LogP contribution < -0.4 is 10.6 Å². The molecule has 2 amide bonds. The SMILES string of the molecule is Cc1ccc(CNC(=O)NC(C)C(O)c2ccc(F)c(F)c2)cc1. The quantitative estimate of drug-likeness (QED) is 0.786. The van der Waals surface area contributed by atoms with Crippen LogP contribution in [0.4, 0.5) is 13.6 Å². The molecular formula is C18H20F2N2O2. The van der Waals surface area contributed by atoms with Crippen molar-refractivity contribution in [2.45, 2.75) is 32.5 Å². The number of urea groups is 1. The molecule has 128 valence electrons. The first kappa shape index (κ1) is 17.9. The normalized spacial score (nSPS) is 13.2. The van der Waals surface area contributed by atoms with Crippen molar-refractivity contribution in [3.8, 4) is 0 Å². The van der Waals surface area contributed by atoms with Crippen LogP contribution in [0.1, 0.15) is 29.7 Å². The molecule has 0 saturated heterocycles. The standard InChI is InChI=1S/C18H20F2N2O2/c1-11-3-5-13(6-4-11)10-21-18(24)22-12(2)17(23)14-7-8-15(19)16(20)9-14/h3-9,12,17,23H,10H2,1-2H3,(H2,21,22,24). The van der Waals surface area contributed by atoms with Gasteiger partial charge in [0.05, 0.1) is 12.1 Å². The highest BCUT2D eigenvalue weighted by atomic mass is 19.2. The molecule has 0 aliphatic carbocycles. The summed E-state index contributed by atoms with van der Waals surface area (Å²) in [7, 11) is 0. The van der Waals surface area contributed by atoms with Gasteiger partial charge in [-0.3, -0.25) is 0 Å². The summed E-state index contributed by atoms with van der Waals surface area (Å²) in [6.45, 7) is 3.91. The number of aliphatic hydroxyl groups is 1. The largest absolute Gasteiger partial charge is 0.386 e. The molecule has 6 heteroatoms. The number of benzene rings is 2. The third-order valence-corrected chi connectivity index (χ3v) is 3.69. The minimum Gasteiger partial charge on any atom is -0.386 e. The van der Waals surface area contributed by atoms with Crippen molar-refractivity contribution in [1.82, 2.24) is 10.6 Å². The van der Waals surface area contributed by atoms with E-state index in [4.69, 9.17) is 0 Å². The smallest absolute Gasteiger partial charge is 0.315 e. The number of aliphatic hydroxyl groups excluding tert-OH is 1. The lowest BCUT2D eigenvalue weighted by Gasteiger charge is -2.21. The van der Waals surface area contributed by atoms with Gasteiger partial charge in [-0.05, 0) is 37.1 Å². The van der Waals surface area contributed by atoms with Crippen LogP contribution in [0.5, 0.6) is 0 Å². The molecule has 0 aliphatic heterocycles. The number of aryl methyl sites for hydroxylation is 1. The molecule has 4 nitrogen and oxygen atoms in total. The molecule has 3 N–H and O–H groups in total. The highest BCUT2D eigenvalue weighted by Gasteiger charge is 2.19. The number of hydrogen-bond donors (Lipinski definition) is 3. The fraction of sp³-hybridized carbons (Fsp3) is 0.278. The van der Waals surface area contributed by atoms with Gasteiger partial charge in [0.2, 0.25) is 0 Å². The number of carbonyl (C=O) groups excluding carboxylic acids is 1. The Hall–Kier alpha value is -2.47. The van der Waals surface area contributed by atoms with Gasteiger partial charge in [0, 0.05) is 6.54 Å². The molecule has 24 heavy (non-hydrogen) atoms. The Kier molecular flexibility index (Phi) is 5.87. The number of halogens is 2. The lowest BCUT2D eigenvalue weighted by atomic mass is 10.0. The van der Waals surface area contributed by atoms with E-state index in [0.717, 1.165) is 23.3 Å². The van der Waals surface area contributed by atoms with Gasteiger partial charge in [-0.25, -0.2) is 13.6 Å². The van der Waals surface area contributed by atoms with Crippen LogP contribution in [0, 0.1) is 18.6 Å². The summed E-state index contributed by atoms with van der Waals surface area (Å²) in [6, 6.07) is 9.74. The number of nitrogens with one attached hydrogen (secondary N) is 2. The molecular weight excluding hydrogens is 314 g/mol. The first-order valence-corrected chi connectivity index (χ1v) is 7.59. The van der Waals surface area contributed by atoms with Gasteiger partial charge in [0.15, 0.2) is 11.6 Å². The topological polar surface area (TPSA) is 61.4 Å². The summed E-state index contributed by atoms with van der Waals surface area (Å²) in [4.78, 5) is 11.9. The number of amides is 2. The van der Waals surface area contributed by atoms with E-state index >= 15 is 0 Å². The number of hydrogen-bond acceptors (Lipinski definition) is 2. The highest BCUT2D eigenvalue weighted by Crippen LogP contribution is 2.19. The van der Waals surface area contributed by atoms with Crippen LogP contribution in [0.3, 0.4) is 0 Å². The van der Waals surface area contributed by atoms with Gasteiger partial charge >= 0.3 is 6.03 Å². The zero-order chi connectivity index (χ0) is 17.7. The first-order chi connectivity index (χ1) is 11.4. The van der Waals surface area contributed by atoms with E-state index in [1.54, 1.807) is 6.92 Å². The van der Waals surface area contributed by atoms with E-state index in [1.165, 1.54) is 6.07 Å². The van der Waals surface area contributed by atoms with Crippen molar-refractivity contribution in [3.05, 3.63) is 70.8 Å². The minimum atomic E-state index is -1.15. The highest BCUT2D eigenvalue weighted by molar-refractivity contribution is 5.74. The first-order valence-electron chi connectivity index (χ1n) is 7.59. The zero-order valence-electron chi connectivity index (χ0n) is 13.5. The fourth-order valence-corrected chi connectivity index (χ4v) is 2.21. The van der Waals surface area contributed by atoms with Crippen molar-refractivity contribution >= 4 is 6.03 Å². The lowest BCUT2D eigenvalue weighted by Crippen LogP contribution is -2.43. The Labute approximate surface area is 139 Å². The third kappa shape index (κ3) is 4.76. The van der Waals surface area contributed by atoms with Crippen LogP contribution >= 0.6 is 0 Å². The summed E-state index contributed by atoms with van der Waals surface area (Å²) in [5, 5.41) is 15.4. The Morgan fingerprint density at radius 3 is 2.42 bits per heavy atom. The molecule has 0 saturated carbocycles. The molecule has 0 aliphatic rings. The molecule has 2 atom stereocenters. The predicted octanol–water partition coefficient (Wildman–Crippen LogP) is 3.19. The maximum Gasteiger partial charge on any atom is 0.315 e. The van der Waals surface area contributed by atoms with Gasteiger partial charge in [0.1, 0.15) is 0 Å². The van der Waals surface area contributed by atoms with Gasteiger partial charge in [0.25, 0.3) is 0 Å². The molecule has 2 rings (SSSR count). The Morgan fingerprint density at radius 1 is 1.12 bits per heavy atom. The summed E-state index contributed by atoms with van der Waals surface area (Å²) in [6.07, 6.45) is -1.15. The lowest BCUT2D eigenvalue weighted by molar-refractivity contribution is 0.137. The molecule has 0 fully saturated rings. The van der Waals surface area contributed by atoms with E-state index in [0.29, 0.717) is 6.54 Å². The van der Waals surface area contributed by atoms with Crippen molar-refractivity contribution in [1.29, 1.82) is 0 Å². The van der Waals surface area contributed by atoms with Gasteiger partial charge in [-0.1, -0.05) is 35.9 Å². The predicted molar refractivity (Wildman–Crippen MR) is 87.3 cm³/mol. The van der Waals surface area contributed by atoms with Gasteiger partial charge < -0.3 is 15.7 Å². The average molecular weight is 334 g/mol. The monoisotopic (exact) mass is 334 g/mol. The Bertz CT molecular complexity index is 705. The number of rotatable bonds is 5. The molecule has 0 radical (unpaired) electrons. The number of carbonyl (C=O) groups is 1. The van der Waals surface area contributed by atoms with Crippen molar-refractivity contribution in [2.24, 2.45) is 0 Å². The van der Waals surface area contributed by atoms with Crippen LogP contribution in [0.25, 0.3) is 0 Å². The summed E-state index contributed by atoms with van der Waals surface area (Å²) < 4.78 is 26.1. The zero-order valence-corrected chi connectivity index (χ0v) is 13.5. The fourth-order valence-electron chi connectivity index (χ4n) is 2.21. The molecule has 2 unspecified atom stereocenters. The van der Waals surface area contributed by atoms with E-state index in [2.05, 4.69) is 10.6 Å². The van der Waals surface area contributed by atoms with E-state index in [1.807, 2.05) is 31.2 Å². The second-order valence-electron chi connectivity index (χ2n) is 5.72. The second kappa shape index (κ2) is 7.88. The van der Waals surface area contributed by atoms with Crippen LogP contribution in [0.15, 0.2) is 42.5 Å². The maximum absolute atomic E-state index is 13.2. The maximum atomic E-state index is 13.2. The van der Waals surface area contributed by atoms with Crippen molar-refractivity contribution in [3.63, 3.8) is 0 Å². The average Bonchev–Trinajstić information content (AvgIpc) is 2.56. The van der Waals surface area contributed by atoms with E-state index in [-0.39, 0.29) is 5.56 Å². The Balaban J connectivity index is 1.88. The third-order valence-electron chi connectivity index (χ3n) is 3.69. The molecule has 2 aromatic rings. The van der Waals surface area contributed by atoms with E-state index in [9.17, 15) is 18.7 Å². The van der Waals surface area contributed by atoms with Crippen LogP contribution in [0.2, 0.25) is 0 Å². The molecule has 0 aromatic heterocycles. The molecule has 0 bridgehead atoms. The second-order valence-corrected chi connectivity index (χ2v) is 5.72. The molecule has 2 aromatic carbocycles. The summed E-state index contributed by atoms with van der Waals surface area (Å²) >= 11 is 0. The van der Waals surface area contributed by atoms with Gasteiger partial charge in [-0.15, -0.1) is 0 Å². The Morgan fingerprint density at radius 2 is 1.79 bits per heavy atom. The summed E-state index contributed by atoms with van der Waals surface area (Å²) in [5.41, 5.74) is 2.27. The van der Waals surface area contributed by atoms with Crippen molar-refractivity contribution < 1.29 is 18.7 Å². The van der Waals surface area contributed by atoms with Gasteiger partial charge in [-0.2, -0.15) is 0 Å². The van der Waals surface area contributed by atoms with Crippen LogP contribution in [-0.4, -0.2) is 17.2 Å². The molecule has 0 spiro atoms. The van der Waals surface area contributed by atoms with Crippen LogP contribution in [-0.2, 0) is 6.54 Å². The molecule has 0 heterocycles. The van der Waals surface area contributed by atoms with E-state index < -0.39 is 29.8 Å². The summed E-state index contributed by atoms with van der Waals surface area (Å²) in [5.74, 6) is -2.02.